The van der Waals surface area contributed by atoms with Crippen LogP contribution < -0.4 is 20.9 Å². The number of fused-ring (bicyclic) bond motifs is 1. The van der Waals surface area contributed by atoms with Gasteiger partial charge in [-0.2, -0.15) is 0 Å². The zero-order chi connectivity index (χ0) is 20.6. The monoisotopic (exact) mass is 413 g/mol. The van der Waals surface area contributed by atoms with Gasteiger partial charge in [-0.15, -0.1) is 11.3 Å². The third-order valence-corrected chi connectivity index (χ3v) is 6.69. The van der Waals surface area contributed by atoms with Gasteiger partial charge in [0.05, 0.1) is 11.9 Å². The summed E-state index contributed by atoms with van der Waals surface area (Å²) in [6, 6.07) is 6.10. The molecule has 3 N–H and O–H groups in total. The smallest absolute Gasteiger partial charge is 0.319 e. The van der Waals surface area contributed by atoms with Crippen molar-refractivity contribution in [1.82, 2.24) is 15.6 Å². The van der Waals surface area contributed by atoms with Crippen molar-refractivity contribution >= 4 is 28.9 Å². The molecule has 4 rings (SSSR count). The number of pyridine rings is 1. The summed E-state index contributed by atoms with van der Waals surface area (Å²) in [5.41, 5.74) is 2.11. The van der Waals surface area contributed by atoms with E-state index in [1.165, 1.54) is 10.4 Å². The fourth-order valence-corrected chi connectivity index (χ4v) is 5.76. The van der Waals surface area contributed by atoms with E-state index in [1.807, 2.05) is 23.5 Å². The molecule has 1 saturated heterocycles. The van der Waals surface area contributed by atoms with Crippen LogP contribution in [-0.2, 0) is 13.0 Å². The maximum Gasteiger partial charge on any atom is 0.319 e. The lowest BCUT2D eigenvalue weighted by Gasteiger charge is -2.46. The van der Waals surface area contributed by atoms with Crippen LogP contribution in [0.2, 0.25) is 0 Å². The summed E-state index contributed by atoms with van der Waals surface area (Å²) in [7, 11) is 0. The molecule has 6 nitrogen and oxygen atoms in total. The van der Waals surface area contributed by atoms with E-state index in [1.54, 1.807) is 6.20 Å². The lowest BCUT2D eigenvalue weighted by Crippen LogP contribution is -2.62. The summed E-state index contributed by atoms with van der Waals surface area (Å²) in [6.45, 7) is 10.6. The molecule has 0 radical (unpaired) electrons. The summed E-state index contributed by atoms with van der Waals surface area (Å²) in [5.74, 6) is 0.953. The molecule has 0 unspecified atom stereocenters. The Hall–Kier alpha value is -2.12. The van der Waals surface area contributed by atoms with E-state index >= 15 is 0 Å². The van der Waals surface area contributed by atoms with Crippen LogP contribution in [0.1, 0.15) is 51.0 Å². The van der Waals surface area contributed by atoms with E-state index in [9.17, 15) is 4.79 Å². The fraction of sp³-hybridized carbons (Fsp3) is 0.545. The number of rotatable bonds is 3. The summed E-state index contributed by atoms with van der Waals surface area (Å²) < 4.78 is 0. The van der Waals surface area contributed by atoms with E-state index in [-0.39, 0.29) is 23.2 Å². The largest absolute Gasteiger partial charge is 0.352 e. The quantitative estimate of drug-likeness (QED) is 0.707. The average Bonchev–Trinajstić information content (AvgIpc) is 3.07. The minimum absolute atomic E-state index is 0.000336. The SMILES string of the molecule is CC1(C)CC(NC(=O)Nc2ccc(N3CCc4sccc4C3)nc2)CC(C)(C)N1. The molecule has 2 amide bonds. The second-order valence-electron chi connectivity index (χ2n) is 9.54. The van der Waals surface area contributed by atoms with Crippen molar-refractivity contribution in [2.75, 3.05) is 16.8 Å². The van der Waals surface area contributed by atoms with E-state index in [4.69, 9.17) is 0 Å². The van der Waals surface area contributed by atoms with Crippen molar-refractivity contribution in [2.24, 2.45) is 0 Å². The lowest BCUT2D eigenvalue weighted by molar-refractivity contribution is 0.149. The first-order valence-corrected chi connectivity index (χ1v) is 11.2. The molecule has 2 aliphatic heterocycles. The Morgan fingerprint density at radius 2 is 1.97 bits per heavy atom. The number of carbonyl (C=O) groups excluding carboxylic acids is 1. The number of nitrogens with one attached hydrogen (secondary N) is 3. The van der Waals surface area contributed by atoms with Crippen LogP contribution in [0.15, 0.2) is 29.8 Å². The van der Waals surface area contributed by atoms with Gasteiger partial charge in [0.15, 0.2) is 0 Å². The van der Waals surface area contributed by atoms with Gasteiger partial charge in [0.1, 0.15) is 5.82 Å². The predicted octanol–water partition coefficient (Wildman–Crippen LogP) is 4.14. The standard InChI is InChI=1S/C22H31N5OS/c1-21(2)11-17(12-22(3,4)26-21)25-20(28)24-16-5-6-19(23-13-16)27-9-7-18-15(14-27)8-10-29-18/h5-6,8,10,13,17,26H,7,9,11-12,14H2,1-4H3,(H2,24,25,28). The molecule has 2 aliphatic rings. The second kappa shape index (κ2) is 7.61. The fourth-order valence-electron chi connectivity index (χ4n) is 4.87. The molecule has 2 aromatic rings. The van der Waals surface area contributed by atoms with Gasteiger partial charge >= 0.3 is 6.03 Å². The zero-order valence-electron chi connectivity index (χ0n) is 17.7. The first-order chi connectivity index (χ1) is 13.7. The second-order valence-corrected chi connectivity index (χ2v) is 10.5. The Balaban J connectivity index is 1.34. The van der Waals surface area contributed by atoms with E-state index in [0.29, 0.717) is 5.69 Å². The normalized spacial score (nSPS) is 20.8. The Kier molecular flexibility index (Phi) is 5.29. The van der Waals surface area contributed by atoms with Gasteiger partial charge < -0.3 is 20.9 Å². The number of piperidine rings is 1. The Morgan fingerprint density at radius 1 is 1.21 bits per heavy atom. The van der Waals surface area contributed by atoms with Gasteiger partial charge in [0, 0.05) is 35.1 Å². The highest BCUT2D eigenvalue weighted by Crippen LogP contribution is 2.29. The molecule has 0 bridgehead atoms. The molecule has 0 spiro atoms. The molecule has 156 valence electrons. The van der Waals surface area contributed by atoms with E-state index < -0.39 is 0 Å². The molecule has 29 heavy (non-hydrogen) atoms. The number of hydrogen-bond donors (Lipinski definition) is 3. The Bertz CT molecular complexity index is 858. The van der Waals surface area contributed by atoms with Gasteiger partial charge in [0.2, 0.25) is 0 Å². The number of hydrogen-bond acceptors (Lipinski definition) is 5. The van der Waals surface area contributed by atoms with Crippen LogP contribution in [0.4, 0.5) is 16.3 Å². The van der Waals surface area contributed by atoms with E-state index in [2.05, 4.69) is 65.0 Å². The van der Waals surface area contributed by atoms with Crippen LogP contribution in [-0.4, -0.2) is 34.7 Å². The first-order valence-electron chi connectivity index (χ1n) is 10.3. The number of anilines is 2. The van der Waals surface area contributed by atoms with Crippen LogP contribution in [0.25, 0.3) is 0 Å². The minimum Gasteiger partial charge on any atom is -0.352 e. The van der Waals surface area contributed by atoms with Gasteiger partial charge in [-0.1, -0.05) is 0 Å². The highest BCUT2D eigenvalue weighted by Gasteiger charge is 2.38. The molecule has 0 atom stereocenters. The Labute approximate surface area is 177 Å². The number of urea groups is 1. The third kappa shape index (κ3) is 4.90. The zero-order valence-corrected chi connectivity index (χ0v) is 18.5. The minimum atomic E-state index is -0.168. The number of thiophene rings is 1. The Morgan fingerprint density at radius 3 is 2.66 bits per heavy atom. The summed E-state index contributed by atoms with van der Waals surface area (Å²) in [6.07, 6.45) is 4.62. The molecule has 2 aromatic heterocycles. The highest BCUT2D eigenvalue weighted by atomic mass is 32.1. The molecule has 7 heteroatoms. The number of nitrogens with zero attached hydrogens (tertiary/aromatic N) is 2. The average molecular weight is 414 g/mol. The lowest BCUT2D eigenvalue weighted by atomic mass is 9.80. The number of aromatic nitrogens is 1. The van der Waals surface area contributed by atoms with Crippen LogP contribution in [0.3, 0.4) is 0 Å². The third-order valence-electron chi connectivity index (χ3n) is 5.66. The molecule has 4 heterocycles. The van der Waals surface area contributed by atoms with Crippen LogP contribution in [0.5, 0.6) is 0 Å². The number of carbonyl (C=O) groups is 1. The van der Waals surface area contributed by atoms with E-state index in [0.717, 1.165) is 38.2 Å². The van der Waals surface area contributed by atoms with Gasteiger partial charge in [0.25, 0.3) is 0 Å². The van der Waals surface area contributed by atoms with Gasteiger partial charge in [-0.05, 0) is 76.1 Å². The maximum atomic E-state index is 12.5. The maximum absolute atomic E-state index is 12.5. The van der Waals surface area contributed by atoms with Crippen molar-refractivity contribution in [3.63, 3.8) is 0 Å². The summed E-state index contributed by atoms with van der Waals surface area (Å²) >= 11 is 1.84. The van der Waals surface area contributed by atoms with Crippen molar-refractivity contribution in [2.45, 2.75) is 70.6 Å². The van der Waals surface area contributed by atoms with Crippen LogP contribution in [0, 0.1) is 0 Å². The molecular formula is C22H31N5OS. The van der Waals surface area contributed by atoms with Crippen molar-refractivity contribution < 1.29 is 4.79 Å². The molecule has 0 aliphatic carbocycles. The highest BCUT2D eigenvalue weighted by molar-refractivity contribution is 7.10. The summed E-state index contributed by atoms with van der Waals surface area (Å²) in [5, 5.41) is 11.9. The molecule has 1 fully saturated rings. The van der Waals surface area contributed by atoms with Crippen molar-refractivity contribution in [1.29, 1.82) is 0 Å². The number of amides is 2. The van der Waals surface area contributed by atoms with Crippen LogP contribution >= 0.6 is 11.3 Å². The summed E-state index contributed by atoms with van der Waals surface area (Å²) in [4.78, 5) is 20.9. The molecular weight excluding hydrogens is 382 g/mol. The predicted molar refractivity (Wildman–Crippen MR) is 120 cm³/mol. The first kappa shape index (κ1) is 20.2. The molecule has 0 aromatic carbocycles. The topological polar surface area (TPSA) is 69.3 Å². The van der Waals surface area contributed by atoms with Crippen molar-refractivity contribution in [3.8, 4) is 0 Å². The van der Waals surface area contributed by atoms with Gasteiger partial charge in [-0.25, -0.2) is 9.78 Å². The van der Waals surface area contributed by atoms with Crippen molar-refractivity contribution in [3.05, 3.63) is 40.2 Å². The van der Waals surface area contributed by atoms with Gasteiger partial charge in [-0.3, -0.25) is 0 Å². The molecule has 0 saturated carbocycles.